The van der Waals surface area contributed by atoms with Crippen molar-refractivity contribution in [1.29, 1.82) is 0 Å². The first-order valence-electron chi connectivity index (χ1n) is 8.70. The summed E-state index contributed by atoms with van der Waals surface area (Å²) >= 11 is 0. The van der Waals surface area contributed by atoms with E-state index in [0.29, 0.717) is 22.3 Å². The van der Waals surface area contributed by atoms with Crippen LogP contribution in [0, 0.1) is 18.6 Å². The number of carboxylic acids is 1. The van der Waals surface area contributed by atoms with E-state index >= 15 is 0 Å². The van der Waals surface area contributed by atoms with E-state index in [1.165, 1.54) is 24.4 Å². The number of anilines is 1. The summed E-state index contributed by atoms with van der Waals surface area (Å²) in [4.78, 5) is 15.4. The lowest BCUT2D eigenvalue weighted by molar-refractivity contribution is 0.0696. The molecule has 4 aromatic rings. The molecule has 0 spiro atoms. The van der Waals surface area contributed by atoms with Gasteiger partial charge in [0.2, 0.25) is 0 Å². The largest absolute Gasteiger partial charge is 0.478 e. The van der Waals surface area contributed by atoms with Crippen LogP contribution in [0.3, 0.4) is 0 Å². The van der Waals surface area contributed by atoms with E-state index in [0.717, 1.165) is 10.7 Å². The van der Waals surface area contributed by atoms with Gasteiger partial charge in [-0.3, -0.25) is 0 Å². The van der Waals surface area contributed by atoms with Gasteiger partial charge in [-0.1, -0.05) is 18.2 Å². The van der Waals surface area contributed by atoms with Gasteiger partial charge in [0.15, 0.2) is 17.5 Å². The third-order valence-electron chi connectivity index (χ3n) is 4.58. The Labute approximate surface area is 168 Å². The zero-order valence-electron chi connectivity index (χ0n) is 15.5. The van der Waals surface area contributed by atoms with Crippen molar-refractivity contribution in [3.8, 4) is 28.2 Å². The molecule has 0 bridgehead atoms. The average molecular weight is 408 g/mol. The van der Waals surface area contributed by atoms with Crippen molar-refractivity contribution in [3.05, 3.63) is 71.4 Å². The maximum Gasteiger partial charge on any atom is 0.335 e. The Morgan fingerprint density at radius 1 is 1.13 bits per heavy atom. The third-order valence-corrected chi connectivity index (χ3v) is 4.58. The van der Waals surface area contributed by atoms with Crippen molar-refractivity contribution >= 4 is 11.8 Å². The zero-order valence-corrected chi connectivity index (χ0v) is 15.5. The number of aromatic nitrogens is 5. The Morgan fingerprint density at radius 2 is 1.93 bits per heavy atom. The van der Waals surface area contributed by atoms with Crippen LogP contribution in [0.2, 0.25) is 0 Å². The van der Waals surface area contributed by atoms with Gasteiger partial charge in [0.25, 0.3) is 0 Å². The summed E-state index contributed by atoms with van der Waals surface area (Å²) in [6.07, 6.45) is 1.52. The fraction of sp³-hybridized carbons (Fsp3) is 0.0500. The van der Waals surface area contributed by atoms with Crippen LogP contribution in [0.25, 0.3) is 28.2 Å². The van der Waals surface area contributed by atoms with E-state index in [2.05, 4.69) is 20.5 Å². The zero-order chi connectivity index (χ0) is 21.4. The van der Waals surface area contributed by atoms with E-state index in [-0.39, 0.29) is 22.9 Å². The van der Waals surface area contributed by atoms with Gasteiger partial charge in [-0.25, -0.2) is 18.6 Å². The van der Waals surface area contributed by atoms with Gasteiger partial charge >= 0.3 is 5.97 Å². The second-order valence-electron chi connectivity index (χ2n) is 6.48. The second kappa shape index (κ2) is 7.32. The van der Waals surface area contributed by atoms with Crippen molar-refractivity contribution in [2.75, 3.05) is 5.73 Å². The molecule has 2 heterocycles. The molecule has 0 unspecified atom stereocenters. The Kier molecular flexibility index (Phi) is 4.66. The lowest BCUT2D eigenvalue weighted by atomic mass is 10.00. The quantitative estimate of drug-likeness (QED) is 0.532. The summed E-state index contributed by atoms with van der Waals surface area (Å²) < 4.78 is 29.0. The van der Waals surface area contributed by atoms with Crippen LogP contribution in [-0.2, 0) is 0 Å². The van der Waals surface area contributed by atoms with Crippen LogP contribution < -0.4 is 5.73 Å². The van der Waals surface area contributed by atoms with E-state index in [9.17, 15) is 18.7 Å². The standard InChI is InChI=1S/C20H14F2N6O2/c1-10-7-11(5-6-13(10)20(29)30)12-8-14(18(23)24-9-12)19-25-26-27-28(19)16-4-2-3-15(21)17(16)22/h2-9H,1H3,(H2,23,24)(H,29,30). The highest BCUT2D eigenvalue weighted by atomic mass is 19.2. The minimum absolute atomic E-state index is 0.0743. The van der Waals surface area contributed by atoms with Gasteiger partial charge in [0, 0.05) is 11.8 Å². The Balaban J connectivity index is 1.83. The number of nitrogens with two attached hydrogens (primary N) is 1. The minimum atomic E-state index is -1.10. The number of nitrogens with zero attached hydrogens (tertiary/aromatic N) is 5. The molecule has 0 aliphatic rings. The molecular weight excluding hydrogens is 394 g/mol. The van der Waals surface area contributed by atoms with Crippen molar-refractivity contribution in [2.45, 2.75) is 6.92 Å². The number of tetrazole rings is 1. The van der Waals surface area contributed by atoms with Crippen LogP contribution in [-0.4, -0.2) is 36.3 Å². The second-order valence-corrected chi connectivity index (χ2v) is 6.48. The number of carboxylic acid groups (broad SMARTS) is 1. The molecule has 3 N–H and O–H groups in total. The fourth-order valence-electron chi connectivity index (χ4n) is 3.07. The van der Waals surface area contributed by atoms with Crippen molar-refractivity contribution < 1.29 is 18.7 Å². The van der Waals surface area contributed by atoms with Gasteiger partial charge in [0.1, 0.15) is 11.5 Å². The number of nitrogen functional groups attached to an aromatic ring is 1. The Morgan fingerprint density at radius 3 is 2.67 bits per heavy atom. The van der Waals surface area contributed by atoms with Gasteiger partial charge in [-0.05, 0) is 52.7 Å². The predicted molar refractivity (Wildman–Crippen MR) is 104 cm³/mol. The number of pyridine rings is 1. The first-order chi connectivity index (χ1) is 14.4. The molecule has 150 valence electrons. The van der Waals surface area contributed by atoms with E-state index in [4.69, 9.17) is 5.73 Å². The summed E-state index contributed by atoms with van der Waals surface area (Å²) in [5.74, 6) is -3.00. The number of hydrogen-bond acceptors (Lipinski definition) is 6. The van der Waals surface area contributed by atoms with E-state index in [1.807, 2.05) is 0 Å². The Bertz CT molecular complexity index is 1290. The molecular formula is C20H14F2N6O2. The lowest BCUT2D eigenvalue weighted by Gasteiger charge is -2.10. The molecule has 30 heavy (non-hydrogen) atoms. The maximum absolute atomic E-state index is 14.3. The summed E-state index contributed by atoms with van der Waals surface area (Å²) in [5, 5.41) is 20.4. The minimum Gasteiger partial charge on any atom is -0.478 e. The molecule has 2 aromatic heterocycles. The first-order valence-corrected chi connectivity index (χ1v) is 8.70. The summed E-state index contributed by atoms with van der Waals surface area (Å²) in [6, 6.07) is 10.1. The maximum atomic E-state index is 14.3. The molecule has 0 fully saturated rings. The monoisotopic (exact) mass is 408 g/mol. The molecule has 0 aliphatic carbocycles. The molecule has 0 aliphatic heterocycles. The summed E-state index contributed by atoms with van der Waals surface area (Å²) in [6.45, 7) is 1.69. The smallest absolute Gasteiger partial charge is 0.335 e. The molecule has 0 saturated heterocycles. The molecule has 4 rings (SSSR count). The normalized spacial score (nSPS) is 10.9. The van der Waals surface area contributed by atoms with Gasteiger partial charge in [-0.2, -0.15) is 4.68 Å². The number of aromatic carboxylic acids is 1. The molecule has 0 saturated carbocycles. The van der Waals surface area contributed by atoms with Crippen LogP contribution in [0.4, 0.5) is 14.6 Å². The van der Waals surface area contributed by atoms with Crippen LogP contribution in [0.15, 0.2) is 48.7 Å². The lowest BCUT2D eigenvalue weighted by Crippen LogP contribution is -2.06. The highest BCUT2D eigenvalue weighted by Gasteiger charge is 2.19. The molecule has 0 amide bonds. The molecule has 2 aromatic carbocycles. The van der Waals surface area contributed by atoms with E-state index in [1.54, 1.807) is 25.1 Å². The predicted octanol–water partition coefficient (Wildman–Crippen LogP) is 3.26. The Hall–Kier alpha value is -4.21. The third kappa shape index (κ3) is 3.24. The topological polar surface area (TPSA) is 120 Å². The van der Waals surface area contributed by atoms with Crippen molar-refractivity contribution in [2.24, 2.45) is 0 Å². The van der Waals surface area contributed by atoms with Gasteiger partial charge < -0.3 is 10.8 Å². The van der Waals surface area contributed by atoms with Gasteiger partial charge in [0.05, 0.1) is 11.1 Å². The summed E-state index contributed by atoms with van der Waals surface area (Å²) in [7, 11) is 0. The van der Waals surface area contributed by atoms with E-state index < -0.39 is 17.6 Å². The highest BCUT2D eigenvalue weighted by molar-refractivity contribution is 5.90. The number of carbonyl (C=O) groups is 1. The number of hydrogen-bond donors (Lipinski definition) is 2. The fourth-order valence-corrected chi connectivity index (χ4v) is 3.07. The van der Waals surface area contributed by atoms with Crippen LogP contribution in [0.5, 0.6) is 0 Å². The SMILES string of the molecule is Cc1cc(-c2cnc(N)c(-c3nnnn3-c3cccc(F)c3F)c2)ccc1C(=O)O. The van der Waals surface area contributed by atoms with Gasteiger partial charge in [-0.15, -0.1) is 5.10 Å². The number of halogens is 2. The molecule has 8 nitrogen and oxygen atoms in total. The van der Waals surface area contributed by atoms with Crippen molar-refractivity contribution in [1.82, 2.24) is 25.2 Å². The van der Waals surface area contributed by atoms with Crippen LogP contribution >= 0.6 is 0 Å². The summed E-state index contributed by atoms with van der Waals surface area (Å²) in [5.41, 5.74) is 8.21. The molecule has 0 radical (unpaired) electrons. The highest BCUT2D eigenvalue weighted by Crippen LogP contribution is 2.30. The van der Waals surface area contributed by atoms with Crippen molar-refractivity contribution in [3.63, 3.8) is 0 Å². The van der Waals surface area contributed by atoms with Crippen LogP contribution in [0.1, 0.15) is 15.9 Å². The number of rotatable bonds is 4. The number of aryl methyl sites for hydroxylation is 1. The molecule has 0 atom stereocenters. The average Bonchev–Trinajstić information content (AvgIpc) is 3.19. The molecule has 10 heteroatoms. The first kappa shape index (κ1) is 19.1. The number of benzene rings is 2.